The van der Waals surface area contributed by atoms with Gasteiger partial charge >= 0.3 is 11.9 Å². The van der Waals surface area contributed by atoms with Gasteiger partial charge in [0.15, 0.2) is 0 Å². The number of aromatic carboxylic acids is 1. The van der Waals surface area contributed by atoms with Gasteiger partial charge < -0.3 is 54.5 Å². The zero-order valence-corrected chi connectivity index (χ0v) is 63.3. The van der Waals surface area contributed by atoms with E-state index < -0.39 is 11.9 Å². The Hall–Kier alpha value is -15.5. The van der Waals surface area contributed by atoms with Crippen LogP contribution in [0, 0.1) is 0 Å². The number of carbonyl (C=O) groups is 2. The van der Waals surface area contributed by atoms with E-state index in [1.54, 1.807) is 56.4 Å². The Labute approximate surface area is 662 Å². The molecule has 0 spiro atoms. The minimum Gasteiger partial charge on any atom is -0.496 e. The van der Waals surface area contributed by atoms with Crippen LogP contribution in [0.2, 0.25) is 0 Å². The van der Waals surface area contributed by atoms with Crippen LogP contribution in [0.3, 0.4) is 0 Å². The first-order valence-corrected chi connectivity index (χ1v) is 37.0. The number of para-hydroxylation sites is 8. The van der Waals surface area contributed by atoms with Crippen LogP contribution in [0.1, 0.15) is 43.0 Å². The summed E-state index contributed by atoms with van der Waals surface area (Å²) in [4.78, 5) is 49.1. The van der Waals surface area contributed by atoms with E-state index >= 15 is 0 Å². The van der Waals surface area contributed by atoms with Gasteiger partial charge in [-0.1, -0.05) is 103 Å². The zero-order valence-electron chi connectivity index (χ0n) is 63.3. The zero-order chi connectivity index (χ0) is 78.8. The van der Waals surface area contributed by atoms with Crippen molar-refractivity contribution >= 4 is 78.8 Å². The Morgan fingerprint density at radius 3 is 1.03 bits per heavy atom. The van der Waals surface area contributed by atoms with Crippen molar-refractivity contribution in [1.82, 2.24) is 57.3 Å². The van der Waals surface area contributed by atoms with Crippen molar-refractivity contribution in [2.75, 3.05) is 49.7 Å². The van der Waals surface area contributed by atoms with Gasteiger partial charge in [-0.15, -0.1) is 0 Å². The highest BCUT2D eigenvalue weighted by Gasteiger charge is 2.17. The average Bonchev–Trinajstić information content (AvgIpc) is 1.69. The molecule has 0 amide bonds. The molecular formula is C92H80N16O7. The first kappa shape index (κ1) is 74.9. The van der Waals surface area contributed by atoms with Crippen molar-refractivity contribution in [2.45, 2.75) is 26.2 Å². The number of nitrogens with zero attached hydrogens (tertiary/aromatic N) is 12. The highest BCUT2D eigenvalue weighted by atomic mass is 16.5. The quantitative estimate of drug-likeness (QED) is 0.0374. The lowest BCUT2D eigenvalue weighted by Gasteiger charge is -2.13. The predicted octanol–water partition coefficient (Wildman–Crippen LogP) is 18.4. The van der Waals surface area contributed by atoms with Crippen molar-refractivity contribution in [3.8, 4) is 51.4 Å². The smallest absolute Gasteiger partial charge is 0.341 e. The van der Waals surface area contributed by atoms with Crippen LogP contribution in [-0.2, 0) is 30.9 Å². The second-order valence-electron chi connectivity index (χ2n) is 26.5. The number of imidazole rings is 6. The van der Waals surface area contributed by atoms with Crippen LogP contribution >= 0.6 is 0 Å². The molecule has 0 saturated carbocycles. The minimum absolute atomic E-state index is 0.153. The number of esters is 1. The molecule has 23 heteroatoms. The molecule has 5 N–H and O–H groups in total. The molecule has 23 nitrogen and oxygen atoms in total. The van der Waals surface area contributed by atoms with Crippen LogP contribution in [0.5, 0.6) is 17.2 Å². The maximum Gasteiger partial charge on any atom is 0.341 e. The Morgan fingerprint density at radius 2 is 0.670 bits per heavy atom. The third-order valence-corrected chi connectivity index (χ3v) is 19.2. The highest BCUT2D eigenvalue weighted by molar-refractivity contribution is 5.93. The summed E-state index contributed by atoms with van der Waals surface area (Å²) in [5.41, 5.74) is 23.4. The number of fused-ring (bicyclic) bond motifs is 4. The first-order chi connectivity index (χ1) is 56.5. The Morgan fingerprint density at radius 1 is 0.330 bits per heavy atom. The summed E-state index contributed by atoms with van der Waals surface area (Å²) in [6, 6.07) is 90.5. The largest absolute Gasteiger partial charge is 0.496 e. The van der Waals surface area contributed by atoms with Crippen molar-refractivity contribution < 1.29 is 33.6 Å². The van der Waals surface area contributed by atoms with E-state index in [4.69, 9.17) is 18.9 Å². The van der Waals surface area contributed by atoms with Crippen LogP contribution in [0.25, 0.3) is 78.3 Å². The molecule has 0 unspecified atom stereocenters. The molecule has 570 valence electrons. The number of nitrogens with one attached hydrogen (secondary N) is 4. The summed E-state index contributed by atoms with van der Waals surface area (Å²) < 4.78 is 33.1. The average molecular weight is 1520 g/mol. The molecule has 6 heterocycles. The number of benzene rings is 12. The van der Waals surface area contributed by atoms with Gasteiger partial charge in [0.1, 0.15) is 53.7 Å². The molecule has 12 aromatic carbocycles. The topological polar surface area (TPSA) is 246 Å². The standard InChI is InChI=1S/C24H21N5O.C23H19N5.C23H21N3O3.C22H19N3O3/c1-30-24-13-18(9-10-23(24)28-12-11-25-16-28)15-26-19-5-4-6-20(14-19)29-17-27-21-7-2-3-8-22(21)29;1-2-7-23-22(6-1)26-17-28(23)21-5-3-4-19(14-21)25-15-18-8-10-20(11-9-18)27-13-12-24-16-27;1-28-22-12-16(10-11-19(22)23(27)29-2)14-24-17-6-5-7-18(13-17)26-15-25-20-8-3-4-9-21(20)26;1-28-21-11-15(9-10-18(21)22(26)27)13-23-16-5-4-6-17(12-16)25-14-24-19-7-2-3-8-20(19)25/h2-14,16-17,26H,15H2,1H3;1-14,16-17,25H,15H2;3-13,15,24H,14H2,1-2H3;2-12,14,23H,13H2,1H3,(H,26,27). The van der Waals surface area contributed by atoms with Gasteiger partial charge in [0.25, 0.3) is 0 Å². The molecular weight excluding hydrogens is 1440 g/mol. The number of ether oxygens (including phenoxy) is 4. The number of hydrogen-bond donors (Lipinski definition) is 5. The summed E-state index contributed by atoms with van der Waals surface area (Å²) >= 11 is 0. The summed E-state index contributed by atoms with van der Waals surface area (Å²) in [7, 11) is 6.05. The van der Waals surface area contributed by atoms with Gasteiger partial charge in [-0.3, -0.25) is 18.3 Å². The number of hydrogen-bond acceptors (Lipinski definition) is 16. The lowest BCUT2D eigenvalue weighted by molar-refractivity contribution is 0.0596. The molecule has 18 aromatic rings. The first-order valence-electron chi connectivity index (χ1n) is 37.0. The third kappa shape index (κ3) is 17.7. The summed E-state index contributed by atoms with van der Waals surface area (Å²) in [6.07, 6.45) is 18.3. The van der Waals surface area contributed by atoms with E-state index in [1.165, 1.54) is 26.9 Å². The summed E-state index contributed by atoms with van der Waals surface area (Å²) in [5.74, 6) is 0.240. The number of methoxy groups -OCH3 is 4. The lowest BCUT2D eigenvalue weighted by Crippen LogP contribution is -2.06. The number of carbonyl (C=O) groups excluding carboxylic acids is 1. The third-order valence-electron chi connectivity index (χ3n) is 19.2. The van der Waals surface area contributed by atoms with Crippen molar-refractivity contribution in [1.29, 1.82) is 0 Å². The highest BCUT2D eigenvalue weighted by Crippen LogP contribution is 2.30. The van der Waals surface area contributed by atoms with Gasteiger partial charge in [-0.2, -0.15) is 0 Å². The van der Waals surface area contributed by atoms with Crippen LogP contribution in [-0.4, -0.2) is 103 Å². The molecule has 18 rings (SSSR count). The molecule has 0 aliphatic heterocycles. The minimum atomic E-state index is -1.00. The van der Waals surface area contributed by atoms with E-state index in [-0.39, 0.29) is 5.56 Å². The molecule has 6 aromatic heterocycles. The molecule has 0 aliphatic rings. The van der Waals surface area contributed by atoms with Gasteiger partial charge in [0.2, 0.25) is 0 Å². The summed E-state index contributed by atoms with van der Waals surface area (Å²) in [6.45, 7) is 2.59. The van der Waals surface area contributed by atoms with Crippen LogP contribution in [0.4, 0.5) is 22.7 Å². The van der Waals surface area contributed by atoms with Gasteiger partial charge in [-0.05, 0) is 192 Å². The second-order valence-corrected chi connectivity index (χ2v) is 26.5. The van der Waals surface area contributed by atoms with E-state index in [0.717, 1.165) is 130 Å². The normalized spacial score (nSPS) is 10.9. The number of rotatable bonds is 23. The van der Waals surface area contributed by atoms with Gasteiger partial charge in [0.05, 0.1) is 90.9 Å². The SMILES string of the molecule is COC(=O)c1ccc(CNc2cccc(-n3cnc4ccccc43)c2)cc1OC.COc1cc(CNc2cccc(-n3cnc4ccccc43)c2)ccc1-n1ccnc1.COc1cc(CNc2cccc(-n3cnc4ccccc43)c2)ccc1C(=O)O.c1cc(NCc2ccc(-n3ccnc3)cc2)cc(-n2cnc3ccccc32)c1. The van der Waals surface area contributed by atoms with Crippen molar-refractivity contribution in [2.24, 2.45) is 0 Å². The maximum atomic E-state index is 11.8. The fourth-order valence-corrected chi connectivity index (χ4v) is 13.3. The molecule has 0 bridgehead atoms. The Bertz CT molecular complexity index is 6350. The second kappa shape index (κ2) is 35.4. The summed E-state index contributed by atoms with van der Waals surface area (Å²) in [5, 5.41) is 23.0. The van der Waals surface area contributed by atoms with Gasteiger partial charge in [0, 0.05) is 102 Å². The molecule has 0 radical (unpaired) electrons. The molecule has 0 aliphatic carbocycles. The van der Waals surface area contributed by atoms with Crippen LogP contribution < -0.4 is 35.5 Å². The Kier molecular flexibility index (Phi) is 23.1. The predicted molar refractivity (Wildman–Crippen MR) is 452 cm³/mol. The maximum absolute atomic E-state index is 11.8. The number of anilines is 4. The lowest BCUT2D eigenvalue weighted by atomic mass is 10.1. The monoisotopic (exact) mass is 1520 g/mol. The van der Waals surface area contributed by atoms with E-state index in [0.29, 0.717) is 36.7 Å². The van der Waals surface area contributed by atoms with E-state index in [9.17, 15) is 14.7 Å². The van der Waals surface area contributed by atoms with Gasteiger partial charge in [-0.25, -0.2) is 39.5 Å². The van der Waals surface area contributed by atoms with Crippen LogP contribution in [0.15, 0.2) is 336 Å². The van der Waals surface area contributed by atoms with Crippen molar-refractivity contribution in [3.63, 3.8) is 0 Å². The molecule has 115 heavy (non-hydrogen) atoms. The molecule has 0 saturated heterocycles. The van der Waals surface area contributed by atoms with E-state index in [2.05, 4.69) is 180 Å². The molecule has 0 fully saturated rings. The number of aromatic nitrogens is 12. The van der Waals surface area contributed by atoms with E-state index in [1.807, 2.05) is 185 Å². The Balaban J connectivity index is 0.000000121. The number of carboxylic acids is 1. The van der Waals surface area contributed by atoms with Crippen molar-refractivity contribution in [3.05, 3.63) is 369 Å². The fourth-order valence-electron chi connectivity index (χ4n) is 13.3. The number of carboxylic acid groups (broad SMARTS) is 1. The fraction of sp³-hybridized carbons (Fsp3) is 0.0870. The molecule has 0 atom stereocenters.